The van der Waals surface area contributed by atoms with Gasteiger partial charge in [0.1, 0.15) is 5.75 Å². The lowest BCUT2D eigenvalue weighted by molar-refractivity contribution is -0.0500. The fourth-order valence-electron chi connectivity index (χ4n) is 2.26. The quantitative estimate of drug-likeness (QED) is 0.620. The van der Waals surface area contributed by atoms with Gasteiger partial charge in [0.15, 0.2) is 0 Å². The number of hydrogen-bond acceptors (Lipinski definition) is 3. The predicted molar refractivity (Wildman–Crippen MR) is 63.4 cm³/mol. The van der Waals surface area contributed by atoms with Crippen molar-refractivity contribution < 1.29 is 25.8 Å². The highest BCUT2D eigenvalue weighted by molar-refractivity contribution is 7.87. The summed E-state index contributed by atoms with van der Waals surface area (Å²) in [5, 5.41) is 0. The maximum Gasteiger partial charge on any atom is 0.534 e. The number of alkyl halides is 3. The van der Waals surface area contributed by atoms with Crippen molar-refractivity contribution in [1.82, 2.24) is 0 Å². The fourth-order valence-corrected chi connectivity index (χ4v) is 2.71. The van der Waals surface area contributed by atoms with Crippen molar-refractivity contribution in [2.24, 2.45) is 0 Å². The van der Waals surface area contributed by atoms with Crippen LogP contribution < -0.4 is 4.18 Å². The Morgan fingerprint density at radius 1 is 1.32 bits per heavy atom. The van der Waals surface area contributed by atoms with Gasteiger partial charge in [-0.2, -0.15) is 21.6 Å². The molecule has 0 amide bonds. The topological polar surface area (TPSA) is 43.4 Å². The summed E-state index contributed by atoms with van der Waals surface area (Å²) in [5.41, 5.74) is -3.51. The molecule has 0 N–H and O–H groups in total. The predicted octanol–water partition coefficient (Wildman–Crippen LogP) is 3.35. The summed E-state index contributed by atoms with van der Waals surface area (Å²) in [5.74, 6) is 0.0437. The van der Waals surface area contributed by atoms with Crippen molar-refractivity contribution in [2.75, 3.05) is 0 Å². The Kier molecular flexibility index (Phi) is 3.51. The van der Waals surface area contributed by atoms with E-state index < -0.39 is 15.6 Å². The minimum atomic E-state index is -5.59. The van der Waals surface area contributed by atoms with Crippen LogP contribution in [0.25, 0.3) is 0 Å². The lowest BCUT2D eigenvalue weighted by atomic mass is 9.84. The van der Waals surface area contributed by atoms with E-state index in [1.165, 1.54) is 12.1 Å². The van der Waals surface area contributed by atoms with Crippen LogP contribution in [0, 0.1) is 0 Å². The minimum Gasteiger partial charge on any atom is -0.376 e. The standard InChI is InChI=1S/C12H13F3O3S/c1-8-3-2-4-9-7-10(5-6-11(8)9)18-19(16,17)12(13,14)15/h5-8H,2-4H2,1H3. The third-order valence-electron chi connectivity index (χ3n) is 3.22. The van der Waals surface area contributed by atoms with Crippen LogP contribution in [0.3, 0.4) is 0 Å². The van der Waals surface area contributed by atoms with Crippen LogP contribution in [0.4, 0.5) is 13.2 Å². The Bertz CT molecular complexity index is 578. The number of fused-ring (bicyclic) bond motifs is 1. The first-order chi connectivity index (χ1) is 8.71. The minimum absolute atomic E-state index is 0.287. The largest absolute Gasteiger partial charge is 0.534 e. The van der Waals surface area contributed by atoms with E-state index >= 15 is 0 Å². The summed E-state index contributed by atoms with van der Waals surface area (Å²) in [6.45, 7) is 2.03. The van der Waals surface area contributed by atoms with Crippen LogP contribution in [0.1, 0.15) is 36.8 Å². The highest BCUT2D eigenvalue weighted by Gasteiger charge is 2.48. The molecule has 1 atom stereocenters. The molecular formula is C12H13F3O3S. The molecule has 1 aromatic carbocycles. The van der Waals surface area contributed by atoms with Crippen molar-refractivity contribution >= 4 is 10.1 Å². The molecule has 0 aliphatic heterocycles. The summed E-state index contributed by atoms with van der Waals surface area (Å²) in [4.78, 5) is 0. The molecule has 2 rings (SSSR count). The molecule has 19 heavy (non-hydrogen) atoms. The van der Waals surface area contributed by atoms with Gasteiger partial charge < -0.3 is 4.18 Å². The second-order valence-electron chi connectivity index (χ2n) is 4.64. The maximum absolute atomic E-state index is 12.2. The van der Waals surface area contributed by atoms with E-state index in [1.807, 2.05) is 6.92 Å². The molecule has 0 saturated carbocycles. The highest BCUT2D eigenvalue weighted by Crippen LogP contribution is 2.34. The van der Waals surface area contributed by atoms with E-state index in [0.29, 0.717) is 5.92 Å². The van der Waals surface area contributed by atoms with E-state index in [2.05, 4.69) is 4.18 Å². The number of benzene rings is 1. The molecule has 0 radical (unpaired) electrons. The summed E-state index contributed by atoms with van der Waals surface area (Å²) in [6.07, 6.45) is 2.68. The first-order valence-electron chi connectivity index (χ1n) is 5.84. The lowest BCUT2D eigenvalue weighted by Crippen LogP contribution is -2.28. The average Bonchev–Trinajstić information content (AvgIpc) is 2.27. The van der Waals surface area contributed by atoms with Crippen molar-refractivity contribution in [1.29, 1.82) is 0 Å². The third-order valence-corrected chi connectivity index (χ3v) is 4.20. The zero-order valence-corrected chi connectivity index (χ0v) is 11.0. The zero-order valence-electron chi connectivity index (χ0n) is 10.2. The van der Waals surface area contributed by atoms with Crippen LogP contribution in [-0.4, -0.2) is 13.9 Å². The normalized spacial score (nSPS) is 19.9. The van der Waals surface area contributed by atoms with Crippen molar-refractivity contribution in [3.63, 3.8) is 0 Å². The Labute approximate surface area is 109 Å². The van der Waals surface area contributed by atoms with Crippen LogP contribution >= 0.6 is 0 Å². The van der Waals surface area contributed by atoms with E-state index in [0.717, 1.165) is 30.4 Å². The van der Waals surface area contributed by atoms with Crippen LogP contribution in [0.2, 0.25) is 0 Å². The van der Waals surface area contributed by atoms with Crippen LogP contribution in [-0.2, 0) is 16.5 Å². The summed E-state index contributed by atoms with van der Waals surface area (Å²) >= 11 is 0. The average molecular weight is 294 g/mol. The van der Waals surface area contributed by atoms with E-state index in [4.69, 9.17) is 0 Å². The molecule has 0 heterocycles. The number of halogens is 3. The van der Waals surface area contributed by atoms with Gasteiger partial charge in [0.2, 0.25) is 0 Å². The van der Waals surface area contributed by atoms with Crippen LogP contribution in [0.15, 0.2) is 18.2 Å². The van der Waals surface area contributed by atoms with Gasteiger partial charge in [-0.15, -0.1) is 0 Å². The SMILES string of the molecule is CC1CCCc2cc(OS(=O)(=O)C(F)(F)F)ccc21. The van der Waals surface area contributed by atoms with Gasteiger partial charge in [0.05, 0.1) is 0 Å². The molecule has 0 bridgehead atoms. The summed E-state index contributed by atoms with van der Waals surface area (Å²) in [6, 6.07) is 4.29. The molecule has 1 unspecified atom stereocenters. The molecule has 3 nitrogen and oxygen atoms in total. The molecule has 0 spiro atoms. The van der Waals surface area contributed by atoms with Gasteiger partial charge in [0, 0.05) is 0 Å². The van der Waals surface area contributed by atoms with Crippen LogP contribution in [0.5, 0.6) is 5.75 Å². The molecule has 1 aliphatic rings. The monoisotopic (exact) mass is 294 g/mol. The Morgan fingerprint density at radius 2 is 2.00 bits per heavy atom. The first kappa shape index (κ1) is 14.2. The first-order valence-corrected chi connectivity index (χ1v) is 7.25. The molecule has 1 aromatic rings. The number of hydrogen-bond donors (Lipinski definition) is 0. The second-order valence-corrected chi connectivity index (χ2v) is 6.17. The van der Waals surface area contributed by atoms with E-state index in [9.17, 15) is 21.6 Å². The van der Waals surface area contributed by atoms with Crippen molar-refractivity contribution in [3.05, 3.63) is 29.3 Å². The highest BCUT2D eigenvalue weighted by atomic mass is 32.2. The van der Waals surface area contributed by atoms with E-state index in [1.54, 1.807) is 6.07 Å². The molecule has 0 fully saturated rings. The lowest BCUT2D eigenvalue weighted by Gasteiger charge is -2.22. The maximum atomic E-state index is 12.2. The van der Waals surface area contributed by atoms with Crippen molar-refractivity contribution in [3.8, 4) is 5.75 Å². The molecule has 0 saturated heterocycles. The smallest absolute Gasteiger partial charge is 0.376 e. The Balaban J connectivity index is 2.29. The van der Waals surface area contributed by atoms with Gasteiger partial charge in [-0.1, -0.05) is 13.0 Å². The van der Waals surface area contributed by atoms with Gasteiger partial charge >= 0.3 is 15.6 Å². The molecule has 1 aliphatic carbocycles. The second kappa shape index (κ2) is 4.70. The van der Waals surface area contributed by atoms with E-state index in [-0.39, 0.29) is 5.75 Å². The molecule has 0 aromatic heterocycles. The van der Waals surface area contributed by atoms with Gasteiger partial charge in [-0.05, 0) is 48.4 Å². The Morgan fingerprint density at radius 3 is 2.63 bits per heavy atom. The number of rotatable bonds is 2. The molecule has 7 heteroatoms. The van der Waals surface area contributed by atoms with Gasteiger partial charge in [0.25, 0.3) is 0 Å². The Hall–Kier alpha value is -1.24. The number of aryl methyl sites for hydroxylation is 1. The fraction of sp³-hybridized carbons (Fsp3) is 0.500. The third kappa shape index (κ3) is 2.86. The summed E-state index contributed by atoms with van der Waals surface area (Å²) in [7, 11) is -5.59. The zero-order chi connectivity index (χ0) is 14.3. The summed E-state index contributed by atoms with van der Waals surface area (Å²) < 4.78 is 62.5. The van der Waals surface area contributed by atoms with Crippen molar-refractivity contribution in [2.45, 2.75) is 37.6 Å². The van der Waals surface area contributed by atoms with Gasteiger partial charge in [-0.25, -0.2) is 0 Å². The molecular weight excluding hydrogens is 281 g/mol. The van der Waals surface area contributed by atoms with Gasteiger partial charge in [-0.3, -0.25) is 0 Å². The molecule has 106 valence electrons.